The highest BCUT2D eigenvalue weighted by Gasteiger charge is 2.47. The van der Waals surface area contributed by atoms with Gasteiger partial charge in [-0.1, -0.05) is 0 Å². The van der Waals surface area contributed by atoms with Crippen LogP contribution in [0.5, 0.6) is 0 Å². The first-order chi connectivity index (χ1) is 4.65. The van der Waals surface area contributed by atoms with Crippen molar-refractivity contribution in [1.82, 2.24) is 0 Å². The predicted octanol–water partition coefficient (Wildman–Crippen LogP) is 2.75. The van der Waals surface area contributed by atoms with E-state index in [2.05, 4.69) is 0 Å². The topological polar surface area (TPSA) is 0 Å². The van der Waals surface area contributed by atoms with Crippen molar-refractivity contribution in [1.29, 1.82) is 0 Å². The van der Waals surface area contributed by atoms with Crippen LogP contribution < -0.4 is 0 Å². The van der Waals surface area contributed by atoms with E-state index in [4.69, 9.17) is 0 Å². The number of hydrogen-bond donors (Lipinski definition) is 0. The molecule has 0 aromatic rings. The fourth-order valence-corrected chi connectivity index (χ4v) is 0.422. The summed E-state index contributed by atoms with van der Waals surface area (Å²) in [6, 6.07) is 0. The van der Waals surface area contributed by atoms with Crippen molar-refractivity contribution in [2.75, 3.05) is 0 Å². The Labute approximate surface area is 59.2 Å². The van der Waals surface area contributed by atoms with E-state index < -0.39 is 24.7 Å². The molecule has 0 aliphatic carbocycles. The Bertz CT molecular complexity index is 123. The molecule has 0 spiro atoms. The minimum absolute atomic E-state index is 1.99. The SMILES string of the molecule is [CH2]C(F)(F)CC(F)(F)C(F)F. The maximum Gasteiger partial charge on any atom is 0.313 e. The number of halogens is 6. The van der Waals surface area contributed by atoms with Crippen LogP contribution in [0.1, 0.15) is 6.42 Å². The lowest BCUT2D eigenvalue weighted by Gasteiger charge is -2.18. The van der Waals surface area contributed by atoms with Gasteiger partial charge in [0.15, 0.2) is 0 Å². The smallest absolute Gasteiger partial charge is 0.207 e. The van der Waals surface area contributed by atoms with Gasteiger partial charge in [-0.3, -0.25) is 0 Å². The third-order valence-corrected chi connectivity index (χ3v) is 0.814. The zero-order valence-electron chi connectivity index (χ0n) is 5.26. The summed E-state index contributed by atoms with van der Waals surface area (Å²) >= 11 is 0. The highest BCUT2D eigenvalue weighted by Crippen LogP contribution is 2.34. The summed E-state index contributed by atoms with van der Waals surface area (Å²) in [7, 11) is 0. The molecule has 0 fully saturated rings. The van der Waals surface area contributed by atoms with Crippen LogP contribution in [0.4, 0.5) is 26.3 Å². The first-order valence-electron chi connectivity index (χ1n) is 2.54. The Balaban J connectivity index is 4.13. The zero-order chi connectivity index (χ0) is 9.28. The van der Waals surface area contributed by atoms with Gasteiger partial charge in [-0.25, -0.2) is 26.3 Å². The summed E-state index contributed by atoms with van der Waals surface area (Å²) in [4.78, 5) is 0. The highest BCUT2D eigenvalue weighted by molar-refractivity contribution is 4.80. The van der Waals surface area contributed by atoms with Gasteiger partial charge in [-0.05, 0) is 0 Å². The van der Waals surface area contributed by atoms with Crippen LogP contribution in [-0.2, 0) is 0 Å². The van der Waals surface area contributed by atoms with Crippen LogP contribution in [0, 0.1) is 6.92 Å². The molecule has 0 N–H and O–H groups in total. The second-order valence-corrected chi connectivity index (χ2v) is 2.09. The van der Waals surface area contributed by atoms with E-state index in [1.54, 1.807) is 0 Å². The summed E-state index contributed by atoms with van der Waals surface area (Å²) in [6.45, 7) is 1.99. The number of rotatable bonds is 3. The first kappa shape index (κ1) is 10.6. The Kier molecular flexibility index (Phi) is 2.79. The molecule has 0 aliphatic rings. The Morgan fingerprint density at radius 2 is 1.45 bits per heavy atom. The molecule has 0 nitrogen and oxygen atoms in total. The predicted molar refractivity (Wildman–Crippen MR) is 25.9 cm³/mol. The molecule has 67 valence electrons. The van der Waals surface area contributed by atoms with E-state index in [9.17, 15) is 26.3 Å². The van der Waals surface area contributed by atoms with Crippen LogP contribution in [0.3, 0.4) is 0 Å². The third kappa shape index (κ3) is 4.10. The van der Waals surface area contributed by atoms with Crippen LogP contribution in [0.25, 0.3) is 0 Å². The largest absolute Gasteiger partial charge is 0.313 e. The highest BCUT2D eigenvalue weighted by atomic mass is 19.3. The van der Waals surface area contributed by atoms with Crippen molar-refractivity contribution in [3.8, 4) is 0 Å². The van der Waals surface area contributed by atoms with Gasteiger partial charge in [0.2, 0.25) is 0 Å². The third-order valence-electron chi connectivity index (χ3n) is 0.814. The van der Waals surface area contributed by atoms with Gasteiger partial charge in [0.05, 0.1) is 6.42 Å². The van der Waals surface area contributed by atoms with Gasteiger partial charge < -0.3 is 0 Å². The molecule has 11 heavy (non-hydrogen) atoms. The molecule has 0 saturated carbocycles. The molecule has 0 amide bonds. The number of alkyl halides is 6. The average Bonchev–Trinajstić information content (AvgIpc) is 1.56. The van der Waals surface area contributed by atoms with E-state index in [1.165, 1.54) is 0 Å². The Hall–Kier alpha value is -0.420. The van der Waals surface area contributed by atoms with E-state index >= 15 is 0 Å². The lowest BCUT2D eigenvalue weighted by atomic mass is 10.1. The van der Waals surface area contributed by atoms with E-state index in [1.807, 2.05) is 6.92 Å². The molecule has 0 unspecified atom stereocenters. The second kappa shape index (κ2) is 2.91. The first-order valence-corrected chi connectivity index (χ1v) is 2.54. The standard InChI is InChI=1S/C5H5F6/c1-4(8,9)2-5(10,11)3(6)7/h3H,1-2H2. The van der Waals surface area contributed by atoms with Gasteiger partial charge >= 0.3 is 12.3 Å². The fraction of sp³-hybridized carbons (Fsp3) is 0.800. The molecule has 0 heterocycles. The van der Waals surface area contributed by atoms with Gasteiger partial charge in [0.25, 0.3) is 5.92 Å². The van der Waals surface area contributed by atoms with E-state index in [-0.39, 0.29) is 0 Å². The lowest BCUT2D eigenvalue weighted by Crippen LogP contribution is -2.33. The van der Waals surface area contributed by atoms with Gasteiger partial charge in [0.1, 0.15) is 0 Å². The van der Waals surface area contributed by atoms with Gasteiger partial charge in [0, 0.05) is 6.92 Å². The molecule has 0 bridgehead atoms. The van der Waals surface area contributed by atoms with Crippen molar-refractivity contribution in [3.05, 3.63) is 6.92 Å². The summed E-state index contributed by atoms with van der Waals surface area (Å²) in [6.07, 6.45) is -6.30. The molecule has 6 heteroatoms. The van der Waals surface area contributed by atoms with Gasteiger partial charge in [-0.15, -0.1) is 0 Å². The lowest BCUT2D eigenvalue weighted by molar-refractivity contribution is -0.168. The van der Waals surface area contributed by atoms with Crippen molar-refractivity contribution < 1.29 is 26.3 Å². The molecule has 0 aliphatic heterocycles. The van der Waals surface area contributed by atoms with E-state index in [0.29, 0.717) is 0 Å². The monoisotopic (exact) mass is 179 g/mol. The summed E-state index contributed by atoms with van der Waals surface area (Å²) in [5.74, 6) is -8.68. The Morgan fingerprint density at radius 3 is 1.55 bits per heavy atom. The molecule has 0 saturated heterocycles. The maximum atomic E-state index is 11.8. The number of hydrogen-bond acceptors (Lipinski definition) is 0. The van der Waals surface area contributed by atoms with Crippen LogP contribution >= 0.6 is 0 Å². The van der Waals surface area contributed by atoms with Crippen molar-refractivity contribution in [3.63, 3.8) is 0 Å². The molecule has 0 rings (SSSR count). The van der Waals surface area contributed by atoms with Crippen molar-refractivity contribution in [2.24, 2.45) is 0 Å². The van der Waals surface area contributed by atoms with Crippen LogP contribution in [0.2, 0.25) is 0 Å². The fourth-order valence-electron chi connectivity index (χ4n) is 0.422. The molecule has 1 radical (unpaired) electrons. The van der Waals surface area contributed by atoms with Gasteiger partial charge in [-0.2, -0.15) is 0 Å². The molecule has 0 aromatic heterocycles. The van der Waals surface area contributed by atoms with Crippen molar-refractivity contribution in [2.45, 2.75) is 24.7 Å². The maximum absolute atomic E-state index is 11.8. The quantitative estimate of drug-likeness (QED) is 0.584. The van der Waals surface area contributed by atoms with Crippen LogP contribution in [-0.4, -0.2) is 18.3 Å². The molecular formula is C5H5F6. The molecule has 0 aromatic carbocycles. The minimum Gasteiger partial charge on any atom is -0.207 e. The molecular weight excluding hydrogens is 174 g/mol. The van der Waals surface area contributed by atoms with E-state index in [0.717, 1.165) is 0 Å². The second-order valence-electron chi connectivity index (χ2n) is 2.09. The summed E-state index contributed by atoms with van der Waals surface area (Å²) < 4.78 is 69.3. The van der Waals surface area contributed by atoms with Crippen LogP contribution in [0.15, 0.2) is 0 Å². The average molecular weight is 179 g/mol. The zero-order valence-corrected chi connectivity index (χ0v) is 5.26. The van der Waals surface area contributed by atoms with Crippen molar-refractivity contribution >= 4 is 0 Å². The normalized spacial score (nSPS) is 14.2. The molecule has 0 atom stereocenters. The minimum atomic E-state index is -4.66. The Morgan fingerprint density at radius 1 is 1.09 bits per heavy atom. The summed E-state index contributed by atoms with van der Waals surface area (Å²) in [5.41, 5.74) is 0. The summed E-state index contributed by atoms with van der Waals surface area (Å²) in [5, 5.41) is 0.